The summed E-state index contributed by atoms with van der Waals surface area (Å²) in [4.78, 5) is 0. The number of benzene rings is 2. The van der Waals surface area contributed by atoms with Gasteiger partial charge in [-0.05, 0) is 104 Å². The summed E-state index contributed by atoms with van der Waals surface area (Å²) in [5, 5.41) is 8.83. The van der Waals surface area contributed by atoms with Crippen LogP contribution in [0.15, 0.2) is 47.2 Å². The summed E-state index contributed by atoms with van der Waals surface area (Å²) in [5.41, 5.74) is 2.28. The van der Waals surface area contributed by atoms with Crippen LogP contribution in [-0.4, -0.2) is 33.0 Å². The largest absolute Gasteiger partial charge is 0.335 e. The highest BCUT2D eigenvalue weighted by molar-refractivity contribution is 9.08. The molecule has 0 aliphatic carbocycles. The zero-order valence-electron chi connectivity index (χ0n) is 23.9. The van der Waals surface area contributed by atoms with Crippen LogP contribution >= 0.6 is 78.0 Å². The minimum atomic E-state index is -3.06. The monoisotopic (exact) mass is 744 g/mol. The molecule has 0 amide bonds. The first-order chi connectivity index (χ1) is 19.7. The van der Waals surface area contributed by atoms with Crippen molar-refractivity contribution in [3.8, 4) is 0 Å². The van der Waals surface area contributed by atoms with Crippen LogP contribution in [0, 0.1) is 0 Å². The Morgan fingerprint density at radius 3 is 1.59 bits per heavy atom. The molecule has 0 fully saturated rings. The summed E-state index contributed by atoms with van der Waals surface area (Å²) in [6.07, 6.45) is 0.287. The van der Waals surface area contributed by atoms with E-state index in [-0.39, 0.29) is 6.16 Å². The quantitative estimate of drug-likeness (QED) is 0.100. The summed E-state index contributed by atoms with van der Waals surface area (Å²) in [6, 6.07) is 11.7. The van der Waals surface area contributed by atoms with Gasteiger partial charge in [0.25, 0.3) is 0 Å². The molecule has 0 unspecified atom stereocenters. The smallest absolute Gasteiger partial charge is 0.313 e. The van der Waals surface area contributed by atoms with Gasteiger partial charge in [0.15, 0.2) is 0 Å². The van der Waals surface area contributed by atoms with Gasteiger partial charge >= 0.3 is 16.2 Å². The lowest BCUT2D eigenvalue weighted by molar-refractivity contribution is 0.176. The molecule has 0 spiro atoms. The van der Waals surface area contributed by atoms with Gasteiger partial charge in [-0.2, -0.15) is 0 Å². The molecule has 0 N–H and O–H groups in total. The van der Waals surface area contributed by atoms with Crippen LogP contribution < -0.4 is 0 Å². The third-order valence-corrected chi connectivity index (χ3v) is 11.6. The third-order valence-electron chi connectivity index (χ3n) is 5.09. The average Bonchev–Trinajstić information content (AvgIpc) is 3.53. The van der Waals surface area contributed by atoms with Crippen molar-refractivity contribution in [3.05, 3.63) is 68.3 Å². The van der Waals surface area contributed by atoms with Gasteiger partial charge in [-0.3, -0.25) is 4.57 Å². The molecule has 2 aromatic heterocycles. The van der Waals surface area contributed by atoms with Crippen molar-refractivity contribution in [2.45, 2.75) is 46.1 Å². The summed E-state index contributed by atoms with van der Waals surface area (Å²) in [7, 11) is -4.12. The maximum atomic E-state index is 12.5. The second-order valence-electron chi connectivity index (χ2n) is 8.02. The highest BCUT2D eigenvalue weighted by Gasteiger charge is 2.25. The van der Waals surface area contributed by atoms with E-state index >= 15 is 0 Å². The van der Waals surface area contributed by atoms with Gasteiger partial charge in [0.05, 0.1) is 39.2 Å². The molecular weight excluding hydrogens is 709 g/mol. The van der Waals surface area contributed by atoms with E-state index in [0.717, 1.165) is 26.0 Å². The van der Waals surface area contributed by atoms with Crippen LogP contribution in [0.2, 0.25) is 10.0 Å². The van der Waals surface area contributed by atoms with Crippen molar-refractivity contribution < 1.29 is 27.2 Å². The van der Waals surface area contributed by atoms with Crippen LogP contribution in [-0.2, 0) is 38.7 Å². The Bertz CT molecular complexity index is 1350. The van der Waals surface area contributed by atoms with Crippen molar-refractivity contribution >= 4 is 98.2 Å². The number of hydrogen-bond donors (Lipinski definition) is 0. The molecule has 4 rings (SSSR count). The summed E-state index contributed by atoms with van der Waals surface area (Å²) in [5.74, 6) is 0. The first kappa shape index (κ1) is 37.1. The van der Waals surface area contributed by atoms with Crippen LogP contribution in [0.4, 0.5) is 0 Å². The van der Waals surface area contributed by atoms with E-state index in [0.29, 0.717) is 38.1 Å². The van der Waals surface area contributed by atoms with Gasteiger partial charge in [-0.15, -0.1) is 22.7 Å². The highest BCUT2D eigenvalue weighted by atomic mass is 79.9. The lowest BCUT2D eigenvalue weighted by Gasteiger charge is -2.16. The van der Waals surface area contributed by atoms with E-state index in [4.69, 9.17) is 45.8 Å². The number of hydrogen-bond acceptors (Lipinski definition) is 8. The van der Waals surface area contributed by atoms with Crippen LogP contribution in [0.5, 0.6) is 0 Å². The molecule has 0 aliphatic rings. The van der Waals surface area contributed by atoms with E-state index < -0.39 is 16.2 Å². The number of fused-ring (bicyclic) bond motifs is 2. The molecule has 0 bridgehead atoms. The highest BCUT2D eigenvalue weighted by Crippen LogP contribution is 2.52. The van der Waals surface area contributed by atoms with E-state index in [1.165, 1.54) is 15.6 Å². The third kappa shape index (κ3) is 12.4. The van der Waals surface area contributed by atoms with Crippen LogP contribution in [0.25, 0.3) is 20.2 Å². The molecule has 41 heavy (non-hydrogen) atoms. The Hall–Kier alpha value is -0.120. The van der Waals surface area contributed by atoms with E-state index in [1.54, 1.807) is 22.7 Å². The maximum absolute atomic E-state index is 12.5. The minimum absolute atomic E-state index is 0.287. The molecule has 4 aromatic rings. The van der Waals surface area contributed by atoms with Crippen LogP contribution in [0.1, 0.15) is 45.7 Å². The second kappa shape index (κ2) is 20.0. The van der Waals surface area contributed by atoms with Gasteiger partial charge in [0.2, 0.25) is 0 Å². The van der Waals surface area contributed by atoms with Crippen molar-refractivity contribution in [3.63, 3.8) is 0 Å². The van der Waals surface area contributed by atoms with Crippen LogP contribution in [0.3, 0.4) is 0 Å². The standard InChI is InChI=1S/C13H16ClO3PS.C9H6BrClS.C6H15O3P/c1-3-16-18(15,17-4-2)8-10-9-19-13-6-5-11(14)7-12(10)13;10-4-6-5-12-9-2-1-7(11)3-8(6)9;1-4-7-10(8-5-2)9-6-3/h5-7,9H,3-4,8H2,1-2H3;1-3,5H,4H2;4-6H2,1-3H3. The Morgan fingerprint density at radius 1 is 0.732 bits per heavy atom. The zero-order chi connectivity index (χ0) is 30.3. The van der Waals surface area contributed by atoms with Gasteiger partial charge < -0.3 is 22.6 Å². The number of alkyl halides is 1. The predicted octanol–water partition coefficient (Wildman–Crippen LogP) is 12.1. The molecule has 228 valence electrons. The molecule has 0 saturated heterocycles. The Morgan fingerprint density at radius 2 is 1.17 bits per heavy atom. The fraction of sp³-hybridized carbons (Fsp3) is 0.429. The van der Waals surface area contributed by atoms with Gasteiger partial charge in [-0.25, -0.2) is 0 Å². The average molecular weight is 746 g/mol. The SMILES string of the molecule is CCOP(=O)(Cc1csc2ccc(Cl)cc12)OCC.CCOP(OCC)OCC.Clc1ccc2scc(CBr)c2c1. The first-order valence-electron chi connectivity index (χ1n) is 13.2. The van der Waals surface area contributed by atoms with E-state index in [1.807, 2.05) is 70.3 Å². The fourth-order valence-electron chi connectivity index (χ4n) is 3.49. The fourth-order valence-corrected chi connectivity index (χ4v) is 9.10. The topological polar surface area (TPSA) is 63.2 Å². The number of thiophene rings is 2. The molecule has 6 nitrogen and oxygen atoms in total. The number of rotatable bonds is 13. The first-order valence-corrected chi connectivity index (χ1v) is 19.6. The van der Waals surface area contributed by atoms with Crippen molar-refractivity contribution in [2.24, 2.45) is 0 Å². The van der Waals surface area contributed by atoms with Crippen molar-refractivity contribution in [2.75, 3.05) is 33.0 Å². The molecule has 0 atom stereocenters. The van der Waals surface area contributed by atoms with Crippen molar-refractivity contribution in [1.29, 1.82) is 0 Å². The second-order valence-corrected chi connectivity index (χ2v) is 14.6. The Balaban J connectivity index is 0.000000231. The van der Waals surface area contributed by atoms with Crippen molar-refractivity contribution in [1.82, 2.24) is 0 Å². The maximum Gasteiger partial charge on any atom is 0.335 e. The number of halogens is 3. The van der Waals surface area contributed by atoms with Gasteiger partial charge in [0.1, 0.15) is 0 Å². The Labute approximate surface area is 271 Å². The van der Waals surface area contributed by atoms with Gasteiger partial charge in [-0.1, -0.05) is 39.1 Å². The Kier molecular flexibility index (Phi) is 18.1. The lowest BCUT2D eigenvalue weighted by atomic mass is 10.2. The molecule has 2 aromatic carbocycles. The zero-order valence-corrected chi connectivity index (χ0v) is 30.4. The van der Waals surface area contributed by atoms with E-state index in [2.05, 4.69) is 27.4 Å². The molecular formula is C28H37BrCl2O6P2S2. The molecule has 2 heterocycles. The summed E-state index contributed by atoms with van der Waals surface area (Å²) < 4.78 is 41.0. The molecule has 13 heteroatoms. The summed E-state index contributed by atoms with van der Waals surface area (Å²) >= 11 is 18.7. The van der Waals surface area contributed by atoms with E-state index in [9.17, 15) is 4.57 Å². The van der Waals surface area contributed by atoms with Gasteiger partial charge in [0, 0.05) is 24.8 Å². The molecule has 0 radical (unpaired) electrons. The lowest BCUT2D eigenvalue weighted by Crippen LogP contribution is -1.98. The predicted molar refractivity (Wildman–Crippen MR) is 183 cm³/mol. The summed E-state index contributed by atoms with van der Waals surface area (Å²) in [6.45, 7) is 12.1. The molecule has 0 aliphatic heterocycles. The normalized spacial score (nSPS) is 11.4. The molecule has 0 saturated carbocycles. The minimum Gasteiger partial charge on any atom is -0.313 e.